The molecule has 1 aromatic rings. The third kappa shape index (κ3) is 2.56. The fraction of sp³-hybridized carbons (Fsp3) is 0.667. The number of nitrogens with one attached hydrogen (secondary N) is 1. The van der Waals surface area contributed by atoms with Gasteiger partial charge in [-0.25, -0.2) is 8.42 Å². The molecule has 7 heteroatoms. The van der Waals surface area contributed by atoms with Gasteiger partial charge in [-0.05, 0) is 6.42 Å². The van der Waals surface area contributed by atoms with Crippen molar-refractivity contribution in [1.82, 2.24) is 14.5 Å². The Bertz CT molecular complexity index is 430. The fourth-order valence-electron chi connectivity index (χ4n) is 1.44. The molecule has 0 radical (unpaired) electrons. The molecule has 0 atom stereocenters. The van der Waals surface area contributed by atoms with Crippen LogP contribution in [0.15, 0.2) is 11.2 Å². The molecule has 0 aliphatic carbocycles. The van der Waals surface area contributed by atoms with Gasteiger partial charge < -0.3 is 0 Å². The summed E-state index contributed by atoms with van der Waals surface area (Å²) in [5, 5.41) is 6.34. The number of rotatable bonds is 6. The van der Waals surface area contributed by atoms with Gasteiger partial charge >= 0.3 is 0 Å². The van der Waals surface area contributed by atoms with Crippen LogP contribution in [0.1, 0.15) is 25.8 Å². The van der Waals surface area contributed by atoms with Crippen LogP contribution in [0.2, 0.25) is 0 Å². The molecule has 16 heavy (non-hydrogen) atoms. The molecule has 0 unspecified atom stereocenters. The van der Waals surface area contributed by atoms with Crippen LogP contribution >= 0.6 is 11.6 Å². The molecule has 0 aliphatic rings. The minimum Gasteiger partial charge on any atom is -0.266 e. The van der Waals surface area contributed by atoms with Crippen LogP contribution in [-0.4, -0.2) is 36.0 Å². The van der Waals surface area contributed by atoms with Crippen molar-refractivity contribution in [2.75, 3.05) is 13.1 Å². The first kappa shape index (κ1) is 13.5. The van der Waals surface area contributed by atoms with Gasteiger partial charge in [-0.3, -0.25) is 5.10 Å². The lowest BCUT2D eigenvalue weighted by atomic mass is 10.4. The molecule has 0 spiro atoms. The summed E-state index contributed by atoms with van der Waals surface area (Å²) in [6.07, 6.45) is 2.22. The smallest absolute Gasteiger partial charge is 0.260 e. The molecular weight excluding hydrogens is 250 g/mol. The number of hydrogen-bond donors (Lipinski definition) is 1. The highest BCUT2D eigenvalue weighted by molar-refractivity contribution is 7.89. The molecule has 0 amide bonds. The van der Waals surface area contributed by atoms with Crippen molar-refractivity contribution in [2.24, 2.45) is 0 Å². The van der Waals surface area contributed by atoms with Gasteiger partial charge in [-0.1, -0.05) is 13.8 Å². The van der Waals surface area contributed by atoms with E-state index in [9.17, 15) is 8.42 Å². The number of aromatic amines is 1. The Hall–Kier alpha value is -0.590. The lowest BCUT2D eigenvalue weighted by molar-refractivity contribution is 0.424. The minimum atomic E-state index is -3.48. The summed E-state index contributed by atoms with van der Waals surface area (Å²) < 4.78 is 25.8. The van der Waals surface area contributed by atoms with Crippen LogP contribution in [-0.2, 0) is 15.9 Å². The minimum absolute atomic E-state index is 0.109. The number of nitrogens with zero attached hydrogens (tertiary/aromatic N) is 2. The molecule has 1 N–H and O–H groups in total. The van der Waals surface area contributed by atoms with E-state index in [-0.39, 0.29) is 10.9 Å². The van der Waals surface area contributed by atoms with Crippen LogP contribution < -0.4 is 0 Å². The van der Waals surface area contributed by atoms with Crippen LogP contribution in [0.5, 0.6) is 0 Å². The van der Waals surface area contributed by atoms with Gasteiger partial charge in [0.1, 0.15) is 0 Å². The zero-order chi connectivity index (χ0) is 12.2. The van der Waals surface area contributed by atoms with Gasteiger partial charge in [0.15, 0.2) is 5.03 Å². The van der Waals surface area contributed by atoms with E-state index in [0.29, 0.717) is 18.7 Å². The maximum atomic E-state index is 12.2. The van der Waals surface area contributed by atoms with E-state index in [2.05, 4.69) is 10.2 Å². The van der Waals surface area contributed by atoms with Crippen molar-refractivity contribution in [2.45, 2.75) is 31.2 Å². The number of sulfonamides is 1. The first-order valence-corrected chi connectivity index (χ1v) is 7.13. The summed E-state index contributed by atoms with van der Waals surface area (Å²) in [7, 11) is -3.48. The summed E-state index contributed by atoms with van der Waals surface area (Å²) in [5.74, 6) is 0.134. The number of aromatic nitrogens is 2. The summed E-state index contributed by atoms with van der Waals surface area (Å²) in [4.78, 5) is 0. The summed E-state index contributed by atoms with van der Waals surface area (Å²) in [5.41, 5.74) is 0.510. The Balaban J connectivity index is 3.09. The third-order valence-electron chi connectivity index (χ3n) is 2.25. The van der Waals surface area contributed by atoms with Gasteiger partial charge in [0.25, 0.3) is 10.0 Å². The van der Waals surface area contributed by atoms with E-state index in [0.717, 1.165) is 6.42 Å². The molecule has 1 rings (SSSR count). The van der Waals surface area contributed by atoms with Crippen molar-refractivity contribution in [1.29, 1.82) is 0 Å². The Kier molecular flexibility index (Phi) is 4.76. The van der Waals surface area contributed by atoms with Crippen molar-refractivity contribution >= 4 is 21.6 Å². The van der Waals surface area contributed by atoms with Gasteiger partial charge in [0.2, 0.25) is 0 Å². The van der Waals surface area contributed by atoms with E-state index in [1.807, 2.05) is 13.8 Å². The maximum absolute atomic E-state index is 12.2. The molecule has 0 bridgehead atoms. The Morgan fingerprint density at radius 3 is 2.69 bits per heavy atom. The lowest BCUT2D eigenvalue weighted by Crippen LogP contribution is -2.32. The maximum Gasteiger partial charge on any atom is 0.260 e. The van der Waals surface area contributed by atoms with Crippen molar-refractivity contribution in [3.05, 3.63) is 11.8 Å². The van der Waals surface area contributed by atoms with Gasteiger partial charge in [0, 0.05) is 18.7 Å². The molecule has 0 aliphatic heterocycles. The first-order chi connectivity index (χ1) is 7.57. The third-order valence-corrected chi connectivity index (χ3v) is 4.52. The van der Waals surface area contributed by atoms with Crippen molar-refractivity contribution in [3.8, 4) is 0 Å². The Morgan fingerprint density at radius 2 is 2.19 bits per heavy atom. The molecule has 1 heterocycles. The number of hydrogen-bond acceptors (Lipinski definition) is 3. The largest absolute Gasteiger partial charge is 0.266 e. The monoisotopic (exact) mass is 265 g/mol. The van der Waals surface area contributed by atoms with E-state index < -0.39 is 10.0 Å². The second-order valence-corrected chi connectivity index (χ2v) is 5.50. The topological polar surface area (TPSA) is 66.1 Å². The van der Waals surface area contributed by atoms with Crippen molar-refractivity contribution in [3.63, 3.8) is 0 Å². The zero-order valence-corrected chi connectivity index (χ0v) is 11.0. The van der Waals surface area contributed by atoms with Crippen molar-refractivity contribution < 1.29 is 8.42 Å². The van der Waals surface area contributed by atoms with E-state index in [1.165, 1.54) is 10.5 Å². The highest BCUT2D eigenvalue weighted by Crippen LogP contribution is 2.18. The van der Waals surface area contributed by atoms with Crippen LogP contribution in [0.3, 0.4) is 0 Å². The van der Waals surface area contributed by atoms with E-state index >= 15 is 0 Å². The first-order valence-electron chi connectivity index (χ1n) is 5.16. The molecule has 0 aromatic carbocycles. The zero-order valence-electron chi connectivity index (χ0n) is 9.40. The lowest BCUT2D eigenvalue weighted by Gasteiger charge is -2.18. The molecule has 92 valence electrons. The molecule has 5 nitrogen and oxygen atoms in total. The Morgan fingerprint density at radius 1 is 1.50 bits per heavy atom. The van der Waals surface area contributed by atoms with Gasteiger partial charge in [-0.2, -0.15) is 9.40 Å². The summed E-state index contributed by atoms with van der Waals surface area (Å²) in [6, 6.07) is 0. The highest BCUT2D eigenvalue weighted by atomic mass is 35.5. The standard InChI is InChI=1S/C9H16ClN3O2S/c1-3-5-13(4-2)16(14,15)9-8(6-10)7-11-12-9/h7H,3-6H2,1-2H3,(H,11,12). The van der Waals surface area contributed by atoms with Gasteiger partial charge in [-0.15, -0.1) is 11.6 Å². The highest BCUT2D eigenvalue weighted by Gasteiger charge is 2.26. The normalized spacial score (nSPS) is 12.2. The summed E-state index contributed by atoms with van der Waals surface area (Å²) >= 11 is 5.66. The van der Waals surface area contributed by atoms with Crippen LogP contribution in [0.25, 0.3) is 0 Å². The molecule has 0 saturated heterocycles. The number of H-pyrrole nitrogens is 1. The molecule has 1 aromatic heterocycles. The predicted molar refractivity (Wildman–Crippen MR) is 62.9 cm³/mol. The van der Waals surface area contributed by atoms with Crippen LogP contribution in [0, 0.1) is 0 Å². The van der Waals surface area contributed by atoms with E-state index in [1.54, 1.807) is 0 Å². The SMILES string of the molecule is CCCN(CC)S(=O)(=O)c1[nH]ncc1CCl. The molecule has 0 fully saturated rings. The number of halogens is 1. The average Bonchev–Trinajstić information content (AvgIpc) is 2.74. The van der Waals surface area contributed by atoms with Crippen LogP contribution in [0.4, 0.5) is 0 Å². The second kappa shape index (κ2) is 5.65. The quantitative estimate of drug-likeness (QED) is 0.794. The Labute approximate surface area is 101 Å². The second-order valence-electron chi connectivity index (χ2n) is 3.35. The molecular formula is C9H16ClN3O2S. The number of alkyl halides is 1. The fourth-order valence-corrected chi connectivity index (χ4v) is 3.37. The predicted octanol–water partition coefficient (Wildman–Crippen LogP) is 1.57. The van der Waals surface area contributed by atoms with E-state index in [4.69, 9.17) is 11.6 Å². The molecule has 0 saturated carbocycles. The van der Waals surface area contributed by atoms with Gasteiger partial charge in [0.05, 0.1) is 12.1 Å². The summed E-state index contributed by atoms with van der Waals surface area (Å²) in [6.45, 7) is 4.69. The average molecular weight is 266 g/mol.